The molecule has 0 amide bonds. The lowest BCUT2D eigenvalue weighted by Gasteiger charge is -2.20. The Morgan fingerprint density at radius 1 is 0.889 bits per heavy atom. The third kappa shape index (κ3) is 1.93. The van der Waals surface area contributed by atoms with Crippen LogP contribution in [0.5, 0.6) is 0 Å². The molecular weight excluding hydrogens is 238 g/mol. The van der Waals surface area contributed by atoms with Crippen LogP contribution in [0.25, 0.3) is 0 Å². The predicted molar refractivity (Wildman–Crippen MR) is 78.9 cm³/mol. The summed E-state index contributed by atoms with van der Waals surface area (Å²) in [5, 5.41) is 3.33. The van der Waals surface area contributed by atoms with Gasteiger partial charge in [-0.3, -0.25) is 0 Å². The van der Waals surface area contributed by atoms with Crippen molar-refractivity contribution in [3.63, 3.8) is 0 Å². The van der Waals surface area contributed by atoms with E-state index in [4.69, 9.17) is 12.2 Å². The Hall–Kier alpha value is -1.67. The molecule has 2 aromatic carbocycles. The SMILES string of the molecule is S=CNC1c2ccccc2CCc2ccccc21. The first kappa shape index (κ1) is 11.4. The largest absolute Gasteiger partial charge is 0.371 e. The summed E-state index contributed by atoms with van der Waals surface area (Å²) in [5.41, 5.74) is 7.17. The van der Waals surface area contributed by atoms with Gasteiger partial charge in [-0.05, 0) is 35.1 Å². The van der Waals surface area contributed by atoms with Gasteiger partial charge in [-0.1, -0.05) is 60.7 Å². The molecular formula is C16H15NS. The minimum Gasteiger partial charge on any atom is -0.371 e. The quantitative estimate of drug-likeness (QED) is 0.823. The van der Waals surface area contributed by atoms with E-state index in [-0.39, 0.29) is 6.04 Å². The molecule has 2 aromatic rings. The topological polar surface area (TPSA) is 12.0 Å². The fourth-order valence-corrected chi connectivity index (χ4v) is 2.91. The van der Waals surface area contributed by atoms with Crippen LogP contribution >= 0.6 is 12.2 Å². The molecule has 0 saturated carbocycles. The fraction of sp³-hybridized carbons (Fsp3) is 0.188. The van der Waals surface area contributed by atoms with Crippen LogP contribution in [0.3, 0.4) is 0 Å². The molecule has 0 heterocycles. The summed E-state index contributed by atoms with van der Waals surface area (Å²) in [6.45, 7) is 0. The normalized spacial score (nSPS) is 14.2. The van der Waals surface area contributed by atoms with E-state index in [1.165, 1.54) is 22.3 Å². The Morgan fingerprint density at radius 3 is 1.89 bits per heavy atom. The van der Waals surface area contributed by atoms with Gasteiger partial charge in [0.2, 0.25) is 0 Å². The number of benzene rings is 2. The molecule has 1 N–H and O–H groups in total. The second-order valence-electron chi connectivity index (χ2n) is 4.62. The van der Waals surface area contributed by atoms with Gasteiger partial charge in [-0.25, -0.2) is 0 Å². The predicted octanol–water partition coefficient (Wildman–Crippen LogP) is 3.42. The summed E-state index contributed by atoms with van der Waals surface area (Å²) in [6, 6.07) is 17.5. The lowest BCUT2D eigenvalue weighted by Crippen LogP contribution is -2.21. The minimum atomic E-state index is 0.192. The molecule has 1 nitrogen and oxygen atoms in total. The molecule has 0 unspecified atom stereocenters. The van der Waals surface area contributed by atoms with Crippen LogP contribution in [0.4, 0.5) is 0 Å². The van der Waals surface area contributed by atoms with E-state index in [0.717, 1.165) is 12.8 Å². The first-order valence-electron chi connectivity index (χ1n) is 6.25. The average Bonchev–Trinajstić information content (AvgIpc) is 2.58. The van der Waals surface area contributed by atoms with Gasteiger partial charge in [0.05, 0.1) is 11.5 Å². The summed E-state index contributed by atoms with van der Waals surface area (Å²) in [7, 11) is 0. The number of rotatable bonds is 2. The van der Waals surface area contributed by atoms with Gasteiger partial charge in [0.25, 0.3) is 0 Å². The van der Waals surface area contributed by atoms with Crippen molar-refractivity contribution in [1.82, 2.24) is 5.32 Å². The maximum Gasteiger partial charge on any atom is 0.0774 e. The standard InChI is InChI=1S/C16H15NS/c18-11-17-16-14-7-3-1-5-12(14)9-10-13-6-2-4-8-15(13)16/h1-8,11,16H,9-10H2,(H,17,18). The molecule has 3 rings (SSSR count). The van der Waals surface area contributed by atoms with Gasteiger partial charge in [-0.2, -0.15) is 0 Å². The van der Waals surface area contributed by atoms with Crippen molar-refractivity contribution in [2.45, 2.75) is 18.9 Å². The Labute approximate surface area is 113 Å². The Morgan fingerprint density at radius 2 is 1.39 bits per heavy atom. The van der Waals surface area contributed by atoms with Crippen LogP contribution in [0, 0.1) is 0 Å². The summed E-state index contributed by atoms with van der Waals surface area (Å²) in [4.78, 5) is 0. The average molecular weight is 253 g/mol. The number of hydrogen-bond donors (Lipinski definition) is 1. The summed E-state index contributed by atoms with van der Waals surface area (Å²) < 4.78 is 0. The maximum atomic E-state index is 5.00. The highest BCUT2D eigenvalue weighted by Crippen LogP contribution is 2.31. The highest BCUT2D eigenvalue weighted by Gasteiger charge is 2.21. The van der Waals surface area contributed by atoms with Crippen molar-refractivity contribution in [2.24, 2.45) is 0 Å². The van der Waals surface area contributed by atoms with E-state index in [1.54, 1.807) is 5.49 Å². The molecule has 1 aliphatic rings. The van der Waals surface area contributed by atoms with Crippen molar-refractivity contribution in [3.8, 4) is 0 Å². The molecule has 0 radical (unpaired) electrons. The molecule has 0 aliphatic heterocycles. The van der Waals surface area contributed by atoms with E-state index in [0.29, 0.717) is 0 Å². The Bertz CT molecular complexity index is 529. The lowest BCUT2D eigenvalue weighted by atomic mass is 9.95. The Balaban J connectivity index is 2.17. The number of hydrogen-bond acceptors (Lipinski definition) is 1. The number of aryl methyl sites for hydroxylation is 2. The molecule has 90 valence electrons. The van der Waals surface area contributed by atoms with Crippen molar-refractivity contribution in [3.05, 3.63) is 70.8 Å². The van der Waals surface area contributed by atoms with Gasteiger partial charge >= 0.3 is 0 Å². The van der Waals surface area contributed by atoms with Crippen molar-refractivity contribution in [2.75, 3.05) is 0 Å². The molecule has 0 bridgehead atoms. The van der Waals surface area contributed by atoms with E-state index in [9.17, 15) is 0 Å². The number of fused-ring (bicyclic) bond motifs is 2. The number of nitrogens with one attached hydrogen (secondary N) is 1. The first-order valence-corrected chi connectivity index (χ1v) is 6.72. The van der Waals surface area contributed by atoms with E-state index in [1.807, 2.05) is 0 Å². The third-order valence-corrected chi connectivity index (χ3v) is 3.77. The van der Waals surface area contributed by atoms with E-state index >= 15 is 0 Å². The Kier molecular flexibility index (Phi) is 3.11. The molecule has 1 aliphatic carbocycles. The fourth-order valence-electron chi connectivity index (χ4n) is 2.77. The summed E-state index contributed by atoms with van der Waals surface area (Å²) >= 11 is 5.00. The molecule has 18 heavy (non-hydrogen) atoms. The van der Waals surface area contributed by atoms with E-state index in [2.05, 4.69) is 53.8 Å². The lowest BCUT2D eigenvalue weighted by molar-refractivity contribution is 0.774. The molecule has 0 fully saturated rings. The van der Waals surface area contributed by atoms with Crippen molar-refractivity contribution < 1.29 is 0 Å². The second-order valence-corrected chi connectivity index (χ2v) is 4.85. The van der Waals surface area contributed by atoms with Crippen LogP contribution in [-0.4, -0.2) is 5.49 Å². The van der Waals surface area contributed by atoms with Crippen LogP contribution in [0.1, 0.15) is 28.3 Å². The number of thiocarbonyl (C=S) groups is 1. The molecule has 0 spiro atoms. The third-order valence-electron chi connectivity index (χ3n) is 3.63. The van der Waals surface area contributed by atoms with Crippen molar-refractivity contribution in [1.29, 1.82) is 0 Å². The van der Waals surface area contributed by atoms with Crippen molar-refractivity contribution >= 4 is 17.7 Å². The maximum absolute atomic E-state index is 5.00. The minimum absolute atomic E-state index is 0.192. The second kappa shape index (κ2) is 4.91. The van der Waals surface area contributed by atoms with Gasteiger partial charge in [0.15, 0.2) is 0 Å². The molecule has 0 atom stereocenters. The highest BCUT2D eigenvalue weighted by atomic mass is 32.1. The molecule has 2 heteroatoms. The first-order chi connectivity index (χ1) is 8.90. The highest BCUT2D eigenvalue weighted by molar-refractivity contribution is 7.78. The molecule has 0 saturated heterocycles. The molecule has 0 aromatic heterocycles. The van der Waals surface area contributed by atoms with E-state index < -0.39 is 0 Å². The summed E-state index contributed by atoms with van der Waals surface area (Å²) in [5.74, 6) is 0. The zero-order valence-electron chi connectivity index (χ0n) is 10.1. The zero-order chi connectivity index (χ0) is 12.4. The summed E-state index contributed by atoms with van der Waals surface area (Å²) in [6.07, 6.45) is 2.20. The van der Waals surface area contributed by atoms with Crippen LogP contribution in [-0.2, 0) is 12.8 Å². The van der Waals surface area contributed by atoms with Crippen LogP contribution in [0.15, 0.2) is 48.5 Å². The van der Waals surface area contributed by atoms with Gasteiger partial charge in [0.1, 0.15) is 0 Å². The van der Waals surface area contributed by atoms with Crippen LogP contribution in [0.2, 0.25) is 0 Å². The van der Waals surface area contributed by atoms with Gasteiger partial charge in [0, 0.05) is 0 Å². The monoisotopic (exact) mass is 253 g/mol. The smallest absolute Gasteiger partial charge is 0.0774 e. The van der Waals surface area contributed by atoms with Crippen LogP contribution < -0.4 is 5.32 Å². The zero-order valence-corrected chi connectivity index (χ0v) is 10.9. The van der Waals surface area contributed by atoms with Gasteiger partial charge in [-0.15, -0.1) is 0 Å². The van der Waals surface area contributed by atoms with Gasteiger partial charge < -0.3 is 5.32 Å².